The van der Waals surface area contributed by atoms with E-state index < -0.39 is 48.6 Å². The number of amides is 3. The van der Waals surface area contributed by atoms with E-state index in [1.54, 1.807) is 30.3 Å². The predicted molar refractivity (Wildman–Crippen MR) is 124 cm³/mol. The molecule has 1 aromatic carbocycles. The summed E-state index contributed by atoms with van der Waals surface area (Å²) in [5.41, 5.74) is 1.29. The first-order valence-electron chi connectivity index (χ1n) is 11.4. The van der Waals surface area contributed by atoms with Gasteiger partial charge >= 0.3 is 5.97 Å². The fraction of sp³-hybridized carbons (Fsp3) is 0.435. The maximum atomic E-state index is 13.0. The van der Waals surface area contributed by atoms with Crippen LogP contribution in [0.25, 0.3) is 0 Å². The number of carboxylic acids is 1. The number of aliphatic hydroxyl groups is 1. The van der Waals surface area contributed by atoms with Gasteiger partial charge in [0.1, 0.15) is 18.1 Å². The normalized spacial score (nSPS) is 17.7. The Morgan fingerprint density at radius 1 is 1.00 bits per heavy atom. The number of imidazole rings is 1. The first-order chi connectivity index (χ1) is 16.9. The number of hydrogen-bond donors (Lipinski definition) is 7. The molecule has 12 heteroatoms. The highest BCUT2D eigenvalue weighted by Gasteiger charge is 2.31. The van der Waals surface area contributed by atoms with Crippen LogP contribution in [-0.2, 0) is 32.0 Å². The molecule has 0 bridgehead atoms. The Labute approximate surface area is 201 Å². The molecule has 0 aliphatic carbocycles. The van der Waals surface area contributed by atoms with Crippen molar-refractivity contribution in [1.82, 2.24) is 31.2 Å². The predicted octanol–water partition coefficient (Wildman–Crippen LogP) is -1.52. The van der Waals surface area contributed by atoms with Crippen LogP contribution in [0.4, 0.5) is 0 Å². The molecule has 4 unspecified atom stereocenters. The molecule has 1 fully saturated rings. The van der Waals surface area contributed by atoms with Crippen LogP contribution in [0, 0.1) is 0 Å². The second-order valence-electron chi connectivity index (χ2n) is 8.32. The van der Waals surface area contributed by atoms with Crippen molar-refractivity contribution in [3.8, 4) is 0 Å². The molecule has 7 N–H and O–H groups in total. The van der Waals surface area contributed by atoms with Gasteiger partial charge in [0, 0.05) is 24.7 Å². The number of aliphatic carboxylic acids is 1. The summed E-state index contributed by atoms with van der Waals surface area (Å²) in [5.74, 6) is -3.15. The molecular weight excluding hydrogens is 456 g/mol. The summed E-state index contributed by atoms with van der Waals surface area (Å²) in [5, 5.41) is 29.8. The number of carbonyl (C=O) groups is 4. The van der Waals surface area contributed by atoms with Crippen LogP contribution in [-0.4, -0.2) is 81.2 Å². The van der Waals surface area contributed by atoms with E-state index in [0.29, 0.717) is 24.2 Å². The fourth-order valence-corrected chi connectivity index (χ4v) is 3.79. The van der Waals surface area contributed by atoms with Gasteiger partial charge in [0.25, 0.3) is 0 Å². The molecule has 3 rings (SSSR count). The van der Waals surface area contributed by atoms with Gasteiger partial charge in [0.05, 0.1) is 19.0 Å². The van der Waals surface area contributed by atoms with Gasteiger partial charge in [-0.05, 0) is 24.9 Å². The Kier molecular flexibility index (Phi) is 9.32. The average Bonchev–Trinajstić information content (AvgIpc) is 3.56. The molecule has 3 amide bonds. The minimum atomic E-state index is -1.41. The first-order valence-corrected chi connectivity index (χ1v) is 11.4. The highest BCUT2D eigenvalue weighted by molar-refractivity contribution is 5.94. The Morgan fingerprint density at radius 3 is 2.31 bits per heavy atom. The smallest absolute Gasteiger partial charge is 0.326 e. The number of H-pyrrole nitrogens is 1. The number of carboxylic acid groups (broad SMARTS) is 1. The first kappa shape index (κ1) is 25.8. The van der Waals surface area contributed by atoms with Crippen LogP contribution >= 0.6 is 0 Å². The maximum absolute atomic E-state index is 13.0. The van der Waals surface area contributed by atoms with Gasteiger partial charge in [-0.25, -0.2) is 9.78 Å². The van der Waals surface area contributed by atoms with Crippen LogP contribution in [0.15, 0.2) is 42.9 Å². The van der Waals surface area contributed by atoms with Gasteiger partial charge in [-0.15, -0.1) is 0 Å². The summed E-state index contributed by atoms with van der Waals surface area (Å²) in [6.45, 7) is -0.0554. The average molecular weight is 487 g/mol. The molecular formula is C23H30N6O6. The molecule has 1 aliphatic heterocycles. The third-order valence-electron chi connectivity index (χ3n) is 5.70. The lowest BCUT2D eigenvalue weighted by Crippen LogP contribution is -2.58. The second kappa shape index (κ2) is 12.6. The monoisotopic (exact) mass is 486 g/mol. The lowest BCUT2D eigenvalue weighted by atomic mass is 10.1. The number of aromatic amines is 1. The molecule has 2 aromatic rings. The van der Waals surface area contributed by atoms with E-state index in [0.717, 1.165) is 6.42 Å². The highest BCUT2D eigenvalue weighted by Crippen LogP contribution is 2.07. The van der Waals surface area contributed by atoms with Crippen LogP contribution in [0.1, 0.15) is 24.1 Å². The van der Waals surface area contributed by atoms with Gasteiger partial charge in [-0.1, -0.05) is 30.3 Å². The molecule has 2 heterocycles. The van der Waals surface area contributed by atoms with Crippen molar-refractivity contribution in [1.29, 1.82) is 0 Å². The highest BCUT2D eigenvalue weighted by atomic mass is 16.4. The fourth-order valence-electron chi connectivity index (χ4n) is 3.79. The Hall–Kier alpha value is -3.77. The molecule has 35 heavy (non-hydrogen) atoms. The molecule has 1 saturated heterocycles. The third-order valence-corrected chi connectivity index (χ3v) is 5.70. The van der Waals surface area contributed by atoms with Gasteiger partial charge in [-0.2, -0.15) is 0 Å². The summed E-state index contributed by atoms with van der Waals surface area (Å²) in [7, 11) is 0. The van der Waals surface area contributed by atoms with Crippen molar-refractivity contribution in [2.45, 2.75) is 49.9 Å². The number of hydrogen-bond acceptors (Lipinski definition) is 7. The van der Waals surface area contributed by atoms with E-state index in [-0.39, 0.29) is 18.7 Å². The summed E-state index contributed by atoms with van der Waals surface area (Å²) in [4.78, 5) is 56.8. The molecule has 188 valence electrons. The van der Waals surface area contributed by atoms with Gasteiger partial charge < -0.3 is 36.5 Å². The van der Waals surface area contributed by atoms with Gasteiger partial charge in [0.15, 0.2) is 0 Å². The zero-order valence-corrected chi connectivity index (χ0v) is 19.1. The molecule has 0 saturated carbocycles. The quantitative estimate of drug-likeness (QED) is 0.188. The molecule has 1 aromatic heterocycles. The summed E-state index contributed by atoms with van der Waals surface area (Å²) >= 11 is 0. The lowest BCUT2D eigenvalue weighted by Gasteiger charge is -2.24. The minimum Gasteiger partial charge on any atom is -0.480 e. The Balaban J connectivity index is 1.65. The van der Waals surface area contributed by atoms with Gasteiger partial charge in [-0.3, -0.25) is 14.4 Å². The Morgan fingerprint density at radius 2 is 1.71 bits per heavy atom. The van der Waals surface area contributed by atoms with E-state index in [1.807, 2.05) is 0 Å². The van der Waals surface area contributed by atoms with Crippen molar-refractivity contribution in [2.24, 2.45) is 0 Å². The van der Waals surface area contributed by atoms with E-state index in [1.165, 1.54) is 12.5 Å². The zero-order valence-electron chi connectivity index (χ0n) is 19.1. The number of aliphatic hydroxyl groups excluding tert-OH is 1. The number of rotatable bonds is 12. The van der Waals surface area contributed by atoms with Crippen LogP contribution in [0.5, 0.6) is 0 Å². The second-order valence-corrected chi connectivity index (χ2v) is 8.32. The lowest BCUT2D eigenvalue weighted by molar-refractivity contribution is -0.142. The van der Waals surface area contributed by atoms with Crippen molar-refractivity contribution in [2.75, 3.05) is 13.2 Å². The minimum absolute atomic E-state index is 0.0287. The van der Waals surface area contributed by atoms with Crippen molar-refractivity contribution < 1.29 is 29.4 Å². The van der Waals surface area contributed by atoms with Crippen molar-refractivity contribution in [3.05, 3.63) is 54.1 Å². The van der Waals surface area contributed by atoms with E-state index >= 15 is 0 Å². The molecule has 1 aliphatic rings. The zero-order chi connectivity index (χ0) is 25.2. The number of aromatic nitrogens is 2. The largest absolute Gasteiger partial charge is 0.480 e. The third kappa shape index (κ3) is 7.62. The number of benzene rings is 1. The number of nitrogens with zero attached hydrogens (tertiary/aromatic N) is 1. The van der Waals surface area contributed by atoms with Crippen molar-refractivity contribution in [3.63, 3.8) is 0 Å². The number of carbonyl (C=O) groups excluding carboxylic acids is 3. The summed E-state index contributed by atoms with van der Waals surface area (Å²) < 4.78 is 0. The Bertz CT molecular complexity index is 993. The summed E-state index contributed by atoms with van der Waals surface area (Å²) in [6, 6.07) is 4.62. The molecule has 4 atom stereocenters. The van der Waals surface area contributed by atoms with E-state index in [2.05, 4.69) is 31.2 Å². The van der Waals surface area contributed by atoms with Crippen LogP contribution in [0.3, 0.4) is 0 Å². The van der Waals surface area contributed by atoms with Crippen LogP contribution in [0.2, 0.25) is 0 Å². The van der Waals surface area contributed by atoms with Gasteiger partial charge in [0.2, 0.25) is 17.7 Å². The van der Waals surface area contributed by atoms with E-state index in [9.17, 15) is 29.4 Å². The van der Waals surface area contributed by atoms with Crippen LogP contribution < -0.4 is 21.3 Å². The SMILES string of the molecule is O=C(O)C(Cc1ccccc1)NC(=O)C(CO)NC(=O)C(Cc1cnc[nH]1)NC(=O)C1CCCN1. The molecule has 12 nitrogen and oxygen atoms in total. The topological polar surface area (TPSA) is 186 Å². The summed E-state index contributed by atoms with van der Waals surface area (Å²) in [6.07, 6.45) is 4.54. The maximum Gasteiger partial charge on any atom is 0.326 e. The standard InChI is InChI=1S/C23H30N6O6/c30-12-19(22(33)28-18(23(34)35)9-14-5-2-1-3-6-14)29-21(32)17(10-15-11-24-13-26-15)27-20(31)16-7-4-8-25-16/h1-3,5-6,11,13,16-19,25,30H,4,7-10,12H2,(H,24,26)(H,27,31)(H,28,33)(H,29,32)(H,34,35). The van der Waals surface area contributed by atoms with E-state index in [4.69, 9.17) is 0 Å². The molecule has 0 radical (unpaired) electrons. The van der Waals surface area contributed by atoms with Crippen molar-refractivity contribution >= 4 is 23.7 Å². The number of nitrogens with one attached hydrogen (secondary N) is 5. The molecule has 0 spiro atoms.